The minimum Gasteiger partial charge on any atom is -0.398 e. The maximum absolute atomic E-state index is 6.20. The van der Waals surface area contributed by atoms with Crippen LogP contribution in [-0.4, -0.2) is 5.71 Å². The molecular weight excluding hydrogens is 280 g/mol. The van der Waals surface area contributed by atoms with Crippen molar-refractivity contribution in [2.24, 2.45) is 4.99 Å². The van der Waals surface area contributed by atoms with E-state index in [1.165, 1.54) is 0 Å². The Kier molecular flexibility index (Phi) is 4.53. The van der Waals surface area contributed by atoms with Crippen LogP contribution in [0.1, 0.15) is 29.7 Å². The quantitative estimate of drug-likeness (QED) is 0.542. The topological polar surface area (TPSA) is 38.4 Å². The molecule has 23 heavy (non-hydrogen) atoms. The molecule has 2 nitrogen and oxygen atoms in total. The lowest BCUT2D eigenvalue weighted by Crippen LogP contribution is -2.06. The number of nitrogens with zero attached hydrogens (tertiary/aromatic N) is 1. The van der Waals surface area contributed by atoms with Crippen LogP contribution in [0, 0.1) is 0 Å². The highest BCUT2D eigenvalue weighted by Gasteiger charge is 2.15. The molecule has 0 aliphatic heterocycles. The molecule has 0 aromatic heterocycles. The van der Waals surface area contributed by atoms with E-state index >= 15 is 0 Å². The molecule has 1 unspecified atom stereocenters. The third-order valence-corrected chi connectivity index (χ3v) is 3.92. The second-order valence-corrected chi connectivity index (χ2v) is 5.52. The fourth-order valence-corrected chi connectivity index (χ4v) is 2.67. The van der Waals surface area contributed by atoms with Crippen molar-refractivity contribution in [2.75, 3.05) is 5.73 Å². The van der Waals surface area contributed by atoms with Crippen LogP contribution in [0.4, 0.5) is 5.69 Å². The van der Waals surface area contributed by atoms with E-state index in [0.29, 0.717) is 0 Å². The molecule has 0 radical (unpaired) electrons. The van der Waals surface area contributed by atoms with Crippen LogP contribution >= 0.6 is 0 Å². The zero-order chi connectivity index (χ0) is 16.1. The highest BCUT2D eigenvalue weighted by Crippen LogP contribution is 2.30. The molecule has 0 aliphatic rings. The van der Waals surface area contributed by atoms with Gasteiger partial charge >= 0.3 is 0 Å². The Morgan fingerprint density at radius 3 is 2.00 bits per heavy atom. The highest BCUT2D eigenvalue weighted by molar-refractivity contribution is 5.99. The average Bonchev–Trinajstić information content (AvgIpc) is 2.62. The third-order valence-electron chi connectivity index (χ3n) is 3.92. The molecule has 0 spiro atoms. The second kappa shape index (κ2) is 6.93. The van der Waals surface area contributed by atoms with Gasteiger partial charge in [0.25, 0.3) is 0 Å². The van der Waals surface area contributed by atoms with Crippen molar-refractivity contribution < 1.29 is 0 Å². The van der Waals surface area contributed by atoms with Crippen molar-refractivity contribution in [3.05, 3.63) is 102 Å². The minimum absolute atomic E-state index is 0.0994. The van der Waals surface area contributed by atoms with Gasteiger partial charge in [-0.1, -0.05) is 78.9 Å². The summed E-state index contributed by atoms with van der Waals surface area (Å²) >= 11 is 0. The number of nitrogens with two attached hydrogens (primary N) is 1. The van der Waals surface area contributed by atoms with E-state index in [9.17, 15) is 0 Å². The summed E-state index contributed by atoms with van der Waals surface area (Å²) in [6.07, 6.45) is 0. The van der Waals surface area contributed by atoms with Gasteiger partial charge in [-0.3, -0.25) is 4.99 Å². The van der Waals surface area contributed by atoms with E-state index in [2.05, 4.69) is 30.3 Å². The van der Waals surface area contributed by atoms with E-state index in [-0.39, 0.29) is 6.04 Å². The van der Waals surface area contributed by atoms with E-state index < -0.39 is 0 Å². The number of hydrogen-bond acceptors (Lipinski definition) is 2. The lowest BCUT2D eigenvalue weighted by Gasteiger charge is -2.17. The summed E-state index contributed by atoms with van der Waals surface area (Å²) < 4.78 is 0. The lowest BCUT2D eigenvalue weighted by molar-refractivity contribution is 0.875. The van der Waals surface area contributed by atoms with Crippen molar-refractivity contribution in [3.63, 3.8) is 0 Å². The molecule has 3 rings (SSSR count). The molecule has 3 aromatic rings. The number of rotatable bonds is 4. The van der Waals surface area contributed by atoms with Crippen LogP contribution in [-0.2, 0) is 0 Å². The van der Waals surface area contributed by atoms with Crippen LogP contribution in [0.3, 0.4) is 0 Å². The van der Waals surface area contributed by atoms with Gasteiger partial charge in [-0.05, 0) is 24.1 Å². The van der Waals surface area contributed by atoms with Crippen molar-refractivity contribution in [1.29, 1.82) is 0 Å². The molecule has 1 atom stereocenters. The molecule has 0 heterocycles. The fraction of sp³-hybridized carbons (Fsp3) is 0.0952. The zero-order valence-corrected chi connectivity index (χ0v) is 13.2. The molecule has 2 N–H and O–H groups in total. The molecule has 0 saturated carbocycles. The maximum atomic E-state index is 6.20. The first-order valence-electron chi connectivity index (χ1n) is 7.75. The number of aliphatic imine (C=N–C) groups is 1. The standard InChI is InChI=1S/C21H20N2/c1-16(17-10-4-2-5-11-17)23-21(18-12-6-3-7-13-18)19-14-8-9-15-20(19)22/h2-15,21H,22H2,1H3. The molecule has 0 bridgehead atoms. The summed E-state index contributed by atoms with van der Waals surface area (Å²) in [6.45, 7) is 2.05. The fourth-order valence-electron chi connectivity index (χ4n) is 2.67. The van der Waals surface area contributed by atoms with Gasteiger partial charge in [0.05, 0.1) is 0 Å². The summed E-state index contributed by atoms with van der Waals surface area (Å²) in [4.78, 5) is 4.98. The summed E-state index contributed by atoms with van der Waals surface area (Å²) in [5.41, 5.74) is 11.3. The van der Waals surface area contributed by atoms with Gasteiger partial charge < -0.3 is 5.73 Å². The molecular formula is C21H20N2. The SMILES string of the molecule is CC(=NC(c1ccccc1)c1ccccc1N)c1ccccc1. The first-order valence-corrected chi connectivity index (χ1v) is 7.75. The number of para-hydroxylation sites is 1. The Bertz CT molecular complexity index is 792. The van der Waals surface area contributed by atoms with Gasteiger partial charge in [0, 0.05) is 17.0 Å². The minimum atomic E-state index is -0.0994. The summed E-state index contributed by atoms with van der Waals surface area (Å²) in [5, 5.41) is 0. The average molecular weight is 300 g/mol. The summed E-state index contributed by atoms with van der Waals surface area (Å²) in [5.74, 6) is 0. The van der Waals surface area contributed by atoms with Gasteiger partial charge in [-0.15, -0.1) is 0 Å². The van der Waals surface area contributed by atoms with Crippen molar-refractivity contribution in [2.45, 2.75) is 13.0 Å². The summed E-state index contributed by atoms with van der Waals surface area (Å²) in [7, 11) is 0. The third kappa shape index (κ3) is 3.49. The van der Waals surface area contributed by atoms with Crippen LogP contribution in [0.5, 0.6) is 0 Å². The van der Waals surface area contributed by atoms with Gasteiger partial charge in [0.15, 0.2) is 0 Å². The van der Waals surface area contributed by atoms with E-state index in [4.69, 9.17) is 10.7 Å². The largest absolute Gasteiger partial charge is 0.398 e. The molecule has 0 fully saturated rings. The van der Waals surface area contributed by atoms with Crippen LogP contribution in [0.2, 0.25) is 0 Å². The van der Waals surface area contributed by atoms with E-state index in [0.717, 1.165) is 28.1 Å². The Hall–Kier alpha value is -2.87. The first-order chi connectivity index (χ1) is 11.3. The normalized spacial score (nSPS) is 12.8. The lowest BCUT2D eigenvalue weighted by atomic mass is 9.97. The Labute approximate surface area is 137 Å². The van der Waals surface area contributed by atoms with Gasteiger partial charge in [-0.2, -0.15) is 0 Å². The van der Waals surface area contributed by atoms with Gasteiger partial charge in [0.2, 0.25) is 0 Å². The van der Waals surface area contributed by atoms with Gasteiger partial charge in [-0.25, -0.2) is 0 Å². The Morgan fingerprint density at radius 2 is 1.35 bits per heavy atom. The summed E-state index contributed by atoms with van der Waals surface area (Å²) in [6, 6.07) is 28.4. The van der Waals surface area contributed by atoms with Crippen LogP contribution in [0.15, 0.2) is 89.9 Å². The molecule has 0 amide bonds. The highest BCUT2D eigenvalue weighted by atomic mass is 14.8. The van der Waals surface area contributed by atoms with Crippen molar-refractivity contribution in [3.8, 4) is 0 Å². The first kappa shape index (κ1) is 15.0. The van der Waals surface area contributed by atoms with Crippen LogP contribution in [0.25, 0.3) is 0 Å². The second-order valence-electron chi connectivity index (χ2n) is 5.52. The molecule has 2 heteroatoms. The van der Waals surface area contributed by atoms with Crippen LogP contribution < -0.4 is 5.73 Å². The predicted octanol–water partition coefficient (Wildman–Crippen LogP) is 4.87. The van der Waals surface area contributed by atoms with Gasteiger partial charge in [0.1, 0.15) is 6.04 Å². The molecule has 0 aliphatic carbocycles. The number of hydrogen-bond donors (Lipinski definition) is 1. The Morgan fingerprint density at radius 1 is 0.783 bits per heavy atom. The van der Waals surface area contributed by atoms with Crippen molar-refractivity contribution >= 4 is 11.4 Å². The monoisotopic (exact) mass is 300 g/mol. The van der Waals surface area contributed by atoms with Crippen molar-refractivity contribution in [1.82, 2.24) is 0 Å². The molecule has 0 saturated heterocycles. The van der Waals surface area contributed by atoms with E-state index in [1.54, 1.807) is 0 Å². The molecule has 114 valence electrons. The smallest absolute Gasteiger partial charge is 0.102 e. The van der Waals surface area contributed by atoms with E-state index in [1.807, 2.05) is 61.5 Å². The maximum Gasteiger partial charge on any atom is 0.102 e. The Balaban J connectivity index is 2.08. The zero-order valence-electron chi connectivity index (χ0n) is 13.2. The number of anilines is 1. The predicted molar refractivity (Wildman–Crippen MR) is 97.8 cm³/mol. The number of nitrogen functional groups attached to an aromatic ring is 1. The molecule has 3 aromatic carbocycles. The number of benzene rings is 3.